The molecule has 0 heterocycles. The Balaban J connectivity index is 2.14. The predicted molar refractivity (Wildman–Crippen MR) is 89.4 cm³/mol. The minimum absolute atomic E-state index is 0.0865. The lowest BCUT2D eigenvalue weighted by molar-refractivity contribution is -0.141. The summed E-state index contributed by atoms with van der Waals surface area (Å²) >= 11 is 6.14. The molecule has 24 heavy (non-hydrogen) atoms. The van der Waals surface area contributed by atoms with Crippen LogP contribution in [0.25, 0.3) is 0 Å². The maximum atomic E-state index is 13.2. The molecule has 0 fully saturated rings. The number of carbonyl (C=O) groups excluding carboxylic acids is 2. The van der Waals surface area contributed by atoms with E-state index in [2.05, 4.69) is 15.4 Å². The van der Waals surface area contributed by atoms with Gasteiger partial charge in [0.05, 0.1) is 19.6 Å². The van der Waals surface area contributed by atoms with Crippen LogP contribution in [0.5, 0.6) is 0 Å². The average molecular weight is 351 g/mol. The Bertz CT molecular complexity index is 739. The molecule has 0 radical (unpaired) electrons. The van der Waals surface area contributed by atoms with Crippen LogP contribution in [0.2, 0.25) is 5.02 Å². The molecule has 0 aliphatic carbocycles. The first-order valence-corrected chi connectivity index (χ1v) is 7.51. The van der Waals surface area contributed by atoms with Crippen LogP contribution in [-0.4, -0.2) is 19.1 Å². The monoisotopic (exact) mass is 350 g/mol. The third-order valence-corrected chi connectivity index (χ3v) is 3.61. The van der Waals surface area contributed by atoms with E-state index in [0.29, 0.717) is 16.3 Å². The van der Waals surface area contributed by atoms with E-state index in [-0.39, 0.29) is 6.42 Å². The van der Waals surface area contributed by atoms with E-state index in [9.17, 15) is 14.0 Å². The standard InChI is InChI=1S/C17H16ClFN2O3/c1-24-16(22)10-15(13-7-2-3-8-14(13)18)21-17(23)20-12-6-4-5-11(19)9-12/h2-9,15H,10H2,1H3,(H2,20,21,23). The van der Waals surface area contributed by atoms with E-state index < -0.39 is 23.9 Å². The first kappa shape index (κ1) is 17.7. The SMILES string of the molecule is COC(=O)CC(NC(=O)Nc1cccc(F)c1)c1ccccc1Cl. The second kappa shape index (κ2) is 8.31. The molecule has 0 aromatic heterocycles. The van der Waals surface area contributed by atoms with Gasteiger partial charge in [0, 0.05) is 10.7 Å². The average Bonchev–Trinajstić information content (AvgIpc) is 2.54. The number of esters is 1. The molecule has 7 heteroatoms. The van der Waals surface area contributed by atoms with Gasteiger partial charge in [0.25, 0.3) is 0 Å². The molecule has 5 nitrogen and oxygen atoms in total. The highest BCUT2D eigenvalue weighted by Crippen LogP contribution is 2.25. The number of carbonyl (C=O) groups is 2. The minimum atomic E-state index is -0.681. The van der Waals surface area contributed by atoms with Gasteiger partial charge in [-0.3, -0.25) is 4.79 Å². The molecule has 0 saturated carbocycles. The third-order valence-electron chi connectivity index (χ3n) is 3.27. The molecule has 2 aromatic rings. The second-order valence-corrected chi connectivity index (χ2v) is 5.37. The highest BCUT2D eigenvalue weighted by molar-refractivity contribution is 6.31. The van der Waals surface area contributed by atoms with Gasteiger partial charge in [-0.1, -0.05) is 35.9 Å². The van der Waals surface area contributed by atoms with Crippen LogP contribution in [0.4, 0.5) is 14.9 Å². The number of hydrogen-bond acceptors (Lipinski definition) is 3. The summed E-state index contributed by atoms with van der Waals surface area (Å²) in [5, 5.41) is 5.57. The molecule has 0 bridgehead atoms. The van der Waals surface area contributed by atoms with Gasteiger partial charge >= 0.3 is 12.0 Å². The fourth-order valence-electron chi connectivity index (χ4n) is 2.14. The summed E-state index contributed by atoms with van der Waals surface area (Å²) in [5.74, 6) is -0.962. The molecule has 2 N–H and O–H groups in total. The lowest BCUT2D eigenvalue weighted by Gasteiger charge is -2.19. The number of anilines is 1. The molecule has 0 aliphatic rings. The summed E-state index contributed by atoms with van der Waals surface area (Å²) in [5.41, 5.74) is 0.877. The fraction of sp³-hybridized carbons (Fsp3) is 0.176. The normalized spacial score (nSPS) is 11.5. The molecule has 2 amide bonds. The Morgan fingerprint density at radius 1 is 1.21 bits per heavy atom. The van der Waals surface area contributed by atoms with Crippen molar-refractivity contribution in [1.29, 1.82) is 0 Å². The van der Waals surface area contributed by atoms with E-state index in [1.54, 1.807) is 30.3 Å². The Hall–Kier alpha value is -2.60. The third kappa shape index (κ3) is 4.96. The summed E-state index contributed by atoms with van der Waals surface area (Å²) in [6.07, 6.45) is -0.0865. The smallest absolute Gasteiger partial charge is 0.319 e. The van der Waals surface area contributed by atoms with Gasteiger partial charge in [-0.05, 0) is 29.8 Å². The van der Waals surface area contributed by atoms with E-state index in [0.717, 1.165) is 0 Å². The summed E-state index contributed by atoms with van der Waals surface area (Å²) in [7, 11) is 1.26. The van der Waals surface area contributed by atoms with Gasteiger partial charge in [-0.15, -0.1) is 0 Å². The molecule has 126 valence electrons. The van der Waals surface area contributed by atoms with Crippen LogP contribution < -0.4 is 10.6 Å². The summed E-state index contributed by atoms with van der Waals surface area (Å²) in [6, 6.07) is 11.1. The zero-order valence-corrected chi connectivity index (χ0v) is 13.6. The number of urea groups is 1. The molecule has 2 aromatic carbocycles. The van der Waals surface area contributed by atoms with E-state index in [1.807, 2.05) is 0 Å². The largest absolute Gasteiger partial charge is 0.469 e. The fourth-order valence-corrected chi connectivity index (χ4v) is 2.41. The summed E-state index contributed by atoms with van der Waals surface area (Å²) in [4.78, 5) is 23.8. The molecular formula is C17H16ClFN2O3. The number of ether oxygens (including phenoxy) is 1. The van der Waals surface area contributed by atoms with Crippen molar-refractivity contribution in [2.75, 3.05) is 12.4 Å². The molecule has 0 aliphatic heterocycles. The van der Waals surface area contributed by atoms with Crippen molar-refractivity contribution in [3.8, 4) is 0 Å². The van der Waals surface area contributed by atoms with Crippen molar-refractivity contribution in [2.24, 2.45) is 0 Å². The van der Waals surface area contributed by atoms with E-state index in [4.69, 9.17) is 11.6 Å². The van der Waals surface area contributed by atoms with Crippen LogP contribution in [0, 0.1) is 5.82 Å². The summed E-state index contributed by atoms with van der Waals surface area (Å²) < 4.78 is 17.8. The van der Waals surface area contributed by atoms with Gasteiger partial charge in [0.15, 0.2) is 0 Å². The number of benzene rings is 2. The van der Waals surface area contributed by atoms with Crippen molar-refractivity contribution in [3.63, 3.8) is 0 Å². The Morgan fingerprint density at radius 2 is 1.96 bits per heavy atom. The van der Waals surface area contributed by atoms with Crippen LogP contribution in [0.1, 0.15) is 18.0 Å². The summed E-state index contributed by atoms with van der Waals surface area (Å²) in [6.45, 7) is 0. The molecule has 1 atom stereocenters. The first-order chi connectivity index (χ1) is 11.5. The maximum Gasteiger partial charge on any atom is 0.319 e. The molecule has 2 rings (SSSR count). The highest BCUT2D eigenvalue weighted by Gasteiger charge is 2.21. The number of nitrogens with one attached hydrogen (secondary N) is 2. The van der Waals surface area contributed by atoms with Crippen molar-refractivity contribution < 1.29 is 18.7 Å². The molecule has 0 spiro atoms. The topological polar surface area (TPSA) is 67.4 Å². The number of amides is 2. The lowest BCUT2D eigenvalue weighted by atomic mass is 10.0. The van der Waals surface area contributed by atoms with Crippen molar-refractivity contribution >= 4 is 29.3 Å². The Labute approximate surface area is 143 Å². The van der Waals surface area contributed by atoms with Gasteiger partial charge in [0.1, 0.15) is 5.82 Å². The van der Waals surface area contributed by atoms with Crippen molar-refractivity contribution in [3.05, 3.63) is 64.9 Å². The molecule has 1 unspecified atom stereocenters. The van der Waals surface area contributed by atoms with Crippen LogP contribution in [0.15, 0.2) is 48.5 Å². The molecule has 0 saturated heterocycles. The second-order valence-electron chi connectivity index (χ2n) is 4.96. The van der Waals surface area contributed by atoms with Gasteiger partial charge in [-0.25, -0.2) is 9.18 Å². The van der Waals surface area contributed by atoms with E-state index in [1.165, 1.54) is 25.3 Å². The quantitative estimate of drug-likeness (QED) is 0.803. The number of halogens is 2. The maximum absolute atomic E-state index is 13.2. The van der Waals surface area contributed by atoms with Crippen molar-refractivity contribution in [2.45, 2.75) is 12.5 Å². The lowest BCUT2D eigenvalue weighted by Crippen LogP contribution is -2.34. The van der Waals surface area contributed by atoms with E-state index >= 15 is 0 Å². The zero-order chi connectivity index (χ0) is 17.5. The first-order valence-electron chi connectivity index (χ1n) is 7.14. The van der Waals surface area contributed by atoms with Crippen LogP contribution >= 0.6 is 11.6 Å². The number of methoxy groups -OCH3 is 1. The number of hydrogen-bond donors (Lipinski definition) is 2. The van der Waals surface area contributed by atoms with Gasteiger partial charge in [0.2, 0.25) is 0 Å². The zero-order valence-electron chi connectivity index (χ0n) is 12.9. The van der Waals surface area contributed by atoms with Crippen LogP contribution in [0.3, 0.4) is 0 Å². The molecular weight excluding hydrogens is 335 g/mol. The number of rotatable bonds is 5. The van der Waals surface area contributed by atoms with Gasteiger partial charge < -0.3 is 15.4 Å². The predicted octanol–water partition coefficient (Wildman–Crippen LogP) is 3.91. The minimum Gasteiger partial charge on any atom is -0.469 e. The van der Waals surface area contributed by atoms with Crippen LogP contribution in [-0.2, 0) is 9.53 Å². The van der Waals surface area contributed by atoms with Gasteiger partial charge in [-0.2, -0.15) is 0 Å². The Kier molecular flexibility index (Phi) is 6.14. The van der Waals surface area contributed by atoms with Crippen molar-refractivity contribution in [1.82, 2.24) is 5.32 Å². The highest BCUT2D eigenvalue weighted by atomic mass is 35.5. The Morgan fingerprint density at radius 3 is 2.62 bits per heavy atom.